The van der Waals surface area contributed by atoms with E-state index in [4.69, 9.17) is 0 Å². The van der Waals surface area contributed by atoms with Gasteiger partial charge in [0.25, 0.3) is 0 Å². The average Bonchev–Trinajstić information content (AvgIpc) is 3.00. The highest BCUT2D eigenvalue weighted by Crippen LogP contribution is 2.66. The molecule has 0 spiro atoms. The average molecular weight is 348 g/mol. The van der Waals surface area contributed by atoms with Crippen molar-refractivity contribution in [2.75, 3.05) is 0 Å². The highest BCUT2D eigenvalue weighted by molar-refractivity contribution is 5.78. The number of pyridine rings is 1. The first-order valence-corrected chi connectivity index (χ1v) is 10.9. The number of hydrogen-bond donors (Lipinski definition) is 0. The van der Waals surface area contributed by atoms with Crippen LogP contribution >= 0.6 is 0 Å². The zero-order valence-electron chi connectivity index (χ0n) is 16.7. The molecule has 3 fully saturated rings. The Morgan fingerprint density at radius 1 is 1.04 bits per heavy atom. The lowest BCUT2D eigenvalue weighted by Gasteiger charge is -2.59. The number of allylic oxidation sites excluding steroid dienone is 4. The minimum Gasteiger partial charge on any atom is -0.264 e. The third-order valence-electron chi connectivity index (χ3n) is 8.94. The molecule has 0 aliphatic heterocycles. The van der Waals surface area contributed by atoms with Crippen molar-refractivity contribution >= 4 is 5.57 Å². The van der Waals surface area contributed by atoms with Gasteiger partial charge >= 0.3 is 0 Å². The molecule has 0 radical (unpaired) electrons. The predicted molar refractivity (Wildman–Crippen MR) is 108 cm³/mol. The molecular weight excluding hydrogens is 314 g/mol. The lowest BCUT2D eigenvalue weighted by atomic mass is 9.45. The summed E-state index contributed by atoms with van der Waals surface area (Å²) in [4.78, 5) is 4.39. The Morgan fingerprint density at radius 2 is 1.92 bits per heavy atom. The fourth-order valence-electron chi connectivity index (χ4n) is 7.40. The maximum Gasteiger partial charge on any atom is 0.0343 e. The fourth-order valence-corrected chi connectivity index (χ4v) is 7.40. The molecule has 0 N–H and O–H groups in total. The molecule has 0 bridgehead atoms. The van der Waals surface area contributed by atoms with E-state index >= 15 is 0 Å². The van der Waals surface area contributed by atoms with Crippen LogP contribution < -0.4 is 0 Å². The van der Waals surface area contributed by atoms with E-state index in [9.17, 15) is 0 Å². The van der Waals surface area contributed by atoms with E-state index in [2.05, 4.69) is 56.2 Å². The summed E-state index contributed by atoms with van der Waals surface area (Å²) in [7, 11) is 0. The van der Waals surface area contributed by atoms with Crippen molar-refractivity contribution in [3.05, 3.63) is 47.8 Å². The molecule has 4 aliphatic carbocycles. The molecule has 0 unspecified atom stereocenters. The van der Waals surface area contributed by atoms with Gasteiger partial charge in [-0.25, -0.2) is 0 Å². The van der Waals surface area contributed by atoms with Gasteiger partial charge in [-0.15, -0.1) is 0 Å². The zero-order valence-corrected chi connectivity index (χ0v) is 16.7. The van der Waals surface area contributed by atoms with Gasteiger partial charge in [0.05, 0.1) is 0 Å². The van der Waals surface area contributed by atoms with Crippen molar-refractivity contribution in [1.82, 2.24) is 4.98 Å². The summed E-state index contributed by atoms with van der Waals surface area (Å²) in [6, 6.07) is 4.33. The lowest BCUT2D eigenvalue weighted by molar-refractivity contribution is -0.0579. The van der Waals surface area contributed by atoms with E-state index in [1.807, 2.05) is 6.20 Å². The van der Waals surface area contributed by atoms with Crippen LogP contribution in [0.4, 0.5) is 0 Å². The summed E-state index contributed by atoms with van der Waals surface area (Å²) in [5.74, 6) is 3.65. The topological polar surface area (TPSA) is 12.9 Å². The maximum atomic E-state index is 4.39. The molecule has 5 rings (SSSR count). The first kappa shape index (κ1) is 16.8. The van der Waals surface area contributed by atoms with Gasteiger partial charge in [0.1, 0.15) is 0 Å². The fraction of sp³-hybridized carbons (Fsp3) is 0.640. The van der Waals surface area contributed by atoms with Crippen LogP contribution in [0.3, 0.4) is 0 Å². The highest BCUT2D eigenvalue weighted by Gasteiger charge is 2.56. The predicted octanol–water partition coefficient (Wildman–Crippen LogP) is 6.67. The van der Waals surface area contributed by atoms with Gasteiger partial charge in [-0.3, -0.25) is 4.98 Å². The standard InChI is InChI=1S/C25H33N/c1-17-10-12-24(2)19(15-17)6-7-20-22-9-8-21(18-5-4-14-26-16-18)25(22,3)13-11-23(20)24/h4-5,8-9,14,16-17,19-20,23H,6-7,10-13,15H2,1-3H3/t17-,19-,20-,23-,24-,25+/m0/s1. The van der Waals surface area contributed by atoms with E-state index in [0.29, 0.717) is 5.41 Å². The quantitative estimate of drug-likeness (QED) is 0.552. The van der Waals surface area contributed by atoms with E-state index in [-0.39, 0.29) is 5.41 Å². The molecule has 0 saturated heterocycles. The second-order valence-corrected chi connectivity index (χ2v) is 10.2. The van der Waals surface area contributed by atoms with Gasteiger partial charge in [-0.05, 0) is 84.8 Å². The van der Waals surface area contributed by atoms with Crippen LogP contribution in [-0.2, 0) is 0 Å². The number of nitrogens with zero attached hydrogens (tertiary/aromatic N) is 1. The molecule has 4 aliphatic rings. The Hall–Kier alpha value is -1.37. The Bertz CT molecular complexity index is 760. The Morgan fingerprint density at radius 3 is 2.73 bits per heavy atom. The third-order valence-corrected chi connectivity index (χ3v) is 8.94. The Labute approximate surface area is 159 Å². The van der Waals surface area contributed by atoms with Crippen molar-refractivity contribution in [3.63, 3.8) is 0 Å². The zero-order chi connectivity index (χ0) is 17.9. The summed E-state index contributed by atoms with van der Waals surface area (Å²) in [5.41, 5.74) is 5.44. The van der Waals surface area contributed by atoms with Gasteiger partial charge in [-0.1, -0.05) is 51.0 Å². The number of aromatic nitrogens is 1. The van der Waals surface area contributed by atoms with Crippen molar-refractivity contribution in [2.24, 2.45) is 34.5 Å². The molecule has 1 nitrogen and oxygen atoms in total. The molecular formula is C25H33N. The van der Waals surface area contributed by atoms with Crippen molar-refractivity contribution in [2.45, 2.75) is 65.7 Å². The number of rotatable bonds is 1. The second-order valence-electron chi connectivity index (χ2n) is 10.2. The molecule has 0 aromatic carbocycles. The molecule has 26 heavy (non-hydrogen) atoms. The van der Waals surface area contributed by atoms with E-state index < -0.39 is 0 Å². The van der Waals surface area contributed by atoms with E-state index in [1.165, 1.54) is 56.1 Å². The van der Waals surface area contributed by atoms with Crippen LogP contribution in [0, 0.1) is 34.5 Å². The molecule has 6 atom stereocenters. The normalized spacial score (nSPS) is 44.4. The molecule has 1 heteroatoms. The molecule has 0 amide bonds. The molecule has 1 heterocycles. The second kappa shape index (κ2) is 5.81. The monoisotopic (exact) mass is 347 g/mol. The minimum atomic E-state index is 0.245. The summed E-state index contributed by atoms with van der Waals surface area (Å²) in [5, 5.41) is 0. The smallest absolute Gasteiger partial charge is 0.0343 e. The first-order chi connectivity index (χ1) is 12.5. The SMILES string of the molecule is C[C@H]1CC[C@@]2(C)[C@@H](CC[C@H]3C4=CC=C(c5cccnc5)[C@@]4(C)CC[C@@H]32)C1. The van der Waals surface area contributed by atoms with E-state index in [0.717, 1.165) is 23.7 Å². The maximum absolute atomic E-state index is 4.39. The van der Waals surface area contributed by atoms with Gasteiger partial charge in [0, 0.05) is 17.8 Å². The number of hydrogen-bond acceptors (Lipinski definition) is 1. The van der Waals surface area contributed by atoms with Crippen LogP contribution in [-0.4, -0.2) is 4.98 Å². The Kier molecular flexibility index (Phi) is 3.75. The summed E-state index contributed by atoms with van der Waals surface area (Å²) in [6.45, 7) is 7.65. The minimum absolute atomic E-state index is 0.245. The van der Waals surface area contributed by atoms with Crippen molar-refractivity contribution in [1.29, 1.82) is 0 Å². The van der Waals surface area contributed by atoms with Crippen molar-refractivity contribution in [3.8, 4) is 0 Å². The summed E-state index contributed by atoms with van der Waals surface area (Å²) in [6.07, 6.45) is 18.9. The molecule has 138 valence electrons. The van der Waals surface area contributed by atoms with Crippen LogP contribution in [0.15, 0.2) is 42.3 Å². The van der Waals surface area contributed by atoms with Gasteiger partial charge in [-0.2, -0.15) is 0 Å². The van der Waals surface area contributed by atoms with Gasteiger partial charge in [0.2, 0.25) is 0 Å². The van der Waals surface area contributed by atoms with Crippen LogP contribution in [0.5, 0.6) is 0 Å². The summed E-state index contributed by atoms with van der Waals surface area (Å²) >= 11 is 0. The van der Waals surface area contributed by atoms with Gasteiger partial charge < -0.3 is 0 Å². The first-order valence-electron chi connectivity index (χ1n) is 10.9. The number of fused-ring (bicyclic) bond motifs is 5. The lowest BCUT2D eigenvalue weighted by Crippen LogP contribution is -2.50. The summed E-state index contributed by atoms with van der Waals surface area (Å²) < 4.78 is 0. The molecule has 3 saturated carbocycles. The van der Waals surface area contributed by atoms with E-state index in [1.54, 1.807) is 5.57 Å². The molecule has 1 aromatic heterocycles. The van der Waals surface area contributed by atoms with Crippen molar-refractivity contribution < 1.29 is 0 Å². The molecule has 1 aromatic rings. The van der Waals surface area contributed by atoms with Crippen LogP contribution in [0.25, 0.3) is 5.57 Å². The Balaban J connectivity index is 1.46. The largest absolute Gasteiger partial charge is 0.264 e. The van der Waals surface area contributed by atoms with Crippen LogP contribution in [0.2, 0.25) is 0 Å². The van der Waals surface area contributed by atoms with Gasteiger partial charge in [0.15, 0.2) is 0 Å². The third kappa shape index (κ3) is 2.25. The van der Waals surface area contributed by atoms with Crippen LogP contribution in [0.1, 0.15) is 71.3 Å². The highest BCUT2D eigenvalue weighted by atomic mass is 14.6.